The van der Waals surface area contributed by atoms with Crippen molar-refractivity contribution in [3.63, 3.8) is 0 Å². The van der Waals surface area contributed by atoms with Crippen LogP contribution in [-0.2, 0) is 18.3 Å². The first-order chi connectivity index (χ1) is 5.74. The molecule has 0 radical (unpaired) electrons. The Morgan fingerprint density at radius 3 is 3.00 bits per heavy atom. The Kier molecular flexibility index (Phi) is 2.85. The lowest BCUT2D eigenvalue weighted by Gasteiger charge is -2.00. The molecule has 0 spiro atoms. The number of aryl methyl sites for hydroxylation is 2. The van der Waals surface area contributed by atoms with Gasteiger partial charge in [0.15, 0.2) is 0 Å². The van der Waals surface area contributed by atoms with Gasteiger partial charge in [0.05, 0.1) is 0 Å². The summed E-state index contributed by atoms with van der Waals surface area (Å²) in [5.41, 5.74) is 0. The van der Waals surface area contributed by atoms with Gasteiger partial charge in [0.2, 0.25) is 5.91 Å². The van der Waals surface area contributed by atoms with E-state index in [0.717, 1.165) is 5.82 Å². The van der Waals surface area contributed by atoms with Gasteiger partial charge >= 0.3 is 0 Å². The summed E-state index contributed by atoms with van der Waals surface area (Å²) >= 11 is 0. The molecule has 1 rings (SSSR count). The molecule has 0 fully saturated rings. The van der Waals surface area contributed by atoms with E-state index in [9.17, 15) is 4.79 Å². The van der Waals surface area contributed by atoms with E-state index in [1.54, 1.807) is 13.2 Å². The van der Waals surface area contributed by atoms with E-state index in [0.29, 0.717) is 12.8 Å². The van der Waals surface area contributed by atoms with Gasteiger partial charge < -0.3 is 9.88 Å². The highest BCUT2D eigenvalue weighted by atomic mass is 16.1. The average Bonchev–Trinajstić information content (AvgIpc) is 2.47. The third-order valence-corrected chi connectivity index (χ3v) is 1.78. The molecular weight excluding hydrogens is 154 g/mol. The normalized spacial score (nSPS) is 9.83. The van der Waals surface area contributed by atoms with Gasteiger partial charge in [0, 0.05) is 39.3 Å². The molecule has 1 aromatic rings. The van der Waals surface area contributed by atoms with Crippen LogP contribution in [0, 0.1) is 0 Å². The monoisotopic (exact) mass is 167 g/mol. The average molecular weight is 167 g/mol. The Hall–Kier alpha value is -1.32. The van der Waals surface area contributed by atoms with Crippen LogP contribution >= 0.6 is 0 Å². The number of aromatic nitrogens is 2. The first kappa shape index (κ1) is 8.77. The van der Waals surface area contributed by atoms with E-state index in [4.69, 9.17) is 0 Å². The Morgan fingerprint density at radius 2 is 2.50 bits per heavy atom. The Balaban J connectivity index is 2.43. The molecule has 1 amide bonds. The summed E-state index contributed by atoms with van der Waals surface area (Å²) in [7, 11) is 3.56. The lowest BCUT2D eigenvalue weighted by Crippen LogP contribution is -2.18. The first-order valence-electron chi connectivity index (χ1n) is 3.91. The summed E-state index contributed by atoms with van der Waals surface area (Å²) in [6.45, 7) is 0. The molecule has 0 aromatic carbocycles. The predicted molar refractivity (Wildman–Crippen MR) is 45.6 cm³/mol. The van der Waals surface area contributed by atoms with E-state index in [2.05, 4.69) is 10.3 Å². The highest BCUT2D eigenvalue weighted by Crippen LogP contribution is 1.98. The van der Waals surface area contributed by atoms with E-state index in [1.165, 1.54) is 0 Å². The van der Waals surface area contributed by atoms with Crippen molar-refractivity contribution in [2.24, 2.45) is 7.05 Å². The highest BCUT2D eigenvalue weighted by Gasteiger charge is 2.02. The van der Waals surface area contributed by atoms with Crippen LogP contribution in [0.4, 0.5) is 0 Å². The Bertz CT molecular complexity index is 267. The number of nitrogens with zero attached hydrogens (tertiary/aromatic N) is 2. The molecule has 0 saturated heterocycles. The molecule has 0 unspecified atom stereocenters. The lowest BCUT2D eigenvalue weighted by atomic mass is 10.3. The smallest absolute Gasteiger partial charge is 0.220 e. The molecule has 0 atom stereocenters. The lowest BCUT2D eigenvalue weighted by molar-refractivity contribution is -0.120. The second kappa shape index (κ2) is 3.90. The predicted octanol–water partition coefficient (Wildman–Crippen LogP) is 0.0987. The maximum atomic E-state index is 10.9. The second-order valence-corrected chi connectivity index (χ2v) is 2.63. The van der Waals surface area contributed by atoms with Crippen molar-refractivity contribution in [1.82, 2.24) is 14.9 Å². The van der Waals surface area contributed by atoms with Crippen LogP contribution in [0.25, 0.3) is 0 Å². The summed E-state index contributed by atoms with van der Waals surface area (Å²) in [6.07, 6.45) is 4.81. The fourth-order valence-electron chi connectivity index (χ4n) is 0.988. The standard InChI is InChI=1S/C8H13N3O/c1-9-8(12)4-3-7-10-5-6-11(7)2/h5-6H,3-4H2,1-2H3,(H,9,12). The summed E-state index contributed by atoms with van der Waals surface area (Å²) < 4.78 is 1.92. The third-order valence-electron chi connectivity index (χ3n) is 1.78. The maximum absolute atomic E-state index is 10.9. The van der Waals surface area contributed by atoms with Crippen LogP contribution in [0.15, 0.2) is 12.4 Å². The number of rotatable bonds is 3. The Labute approximate surface area is 71.6 Å². The molecular formula is C8H13N3O. The van der Waals surface area contributed by atoms with Crippen molar-refractivity contribution in [2.45, 2.75) is 12.8 Å². The molecule has 66 valence electrons. The zero-order valence-electron chi connectivity index (χ0n) is 7.37. The van der Waals surface area contributed by atoms with Crippen molar-refractivity contribution in [2.75, 3.05) is 7.05 Å². The highest BCUT2D eigenvalue weighted by molar-refractivity contribution is 5.75. The van der Waals surface area contributed by atoms with Crippen molar-refractivity contribution in [1.29, 1.82) is 0 Å². The summed E-state index contributed by atoms with van der Waals surface area (Å²) in [4.78, 5) is 15.0. The number of carbonyl (C=O) groups is 1. The van der Waals surface area contributed by atoms with Gasteiger partial charge in [-0.1, -0.05) is 0 Å². The van der Waals surface area contributed by atoms with E-state index >= 15 is 0 Å². The molecule has 0 saturated carbocycles. The minimum atomic E-state index is 0.0537. The van der Waals surface area contributed by atoms with Gasteiger partial charge in [-0.2, -0.15) is 0 Å². The molecule has 0 bridgehead atoms. The number of nitrogens with one attached hydrogen (secondary N) is 1. The van der Waals surface area contributed by atoms with Gasteiger partial charge in [0.1, 0.15) is 5.82 Å². The number of hydrogen-bond acceptors (Lipinski definition) is 2. The van der Waals surface area contributed by atoms with Crippen molar-refractivity contribution < 1.29 is 4.79 Å². The van der Waals surface area contributed by atoms with Crippen LogP contribution in [0.2, 0.25) is 0 Å². The summed E-state index contributed by atoms with van der Waals surface area (Å²) in [6, 6.07) is 0. The number of carbonyl (C=O) groups excluding carboxylic acids is 1. The fourth-order valence-corrected chi connectivity index (χ4v) is 0.988. The minimum Gasteiger partial charge on any atom is -0.359 e. The van der Waals surface area contributed by atoms with E-state index in [-0.39, 0.29) is 5.91 Å². The maximum Gasteiger partial charge on any atom is 0.220 e. The van der Waals surface area contributed by atoms with Crippen LogP contribution in [-0.4, -0.2) is 22.5 Å². The minimum absolute atomic E-state index is 0.0537. The quantitative estimate of drug-likeness (QED) is 0.694. The molecule has 0 aliphatic rings. The SMILES string of the molecule is CNC(=O)CCc1nccn1C. The van der Waals surface area contributed by atoms with E-state index in [1.807, 2.05) is 17.8 Å². The molecule has 12 heavy (non-hydrogen) atoms. The molecule has 0 aliphatic heterocycles. The topological polar surface area (TPSA) is 46.9 Å². The largest absolute Gasteiger partial charge is 0.359 e. The van der Waals surface area contributed by atoms with Gasteiger partial charge in [-0.3, -0.25) is 4.79 Å². The zero-order chi connectivity index (χ0) is 8.97. The first-order valence-corrected chi connectivity index (χ1v) is 3.91. The summed E-state index contributed by atoms with van der Waals surface area (Å²) in [5, 5.41) is 2.57. The molecule has 1 aromatic heterocycles. The van der Waals surface area contributed by atoms with Crippen LogP contribution in [0.5, 0.6) is 0 Å². The number of amides is 1. The fraction of sp³-hybridized carbons (Fsp3) is 0.500. The van der Waals surface area contributed by atoms with Gasteiger partial charge in [-0.25, -0.2) is 4.98 Å². The van der Waals surface area contributed by atoms with Gasteiger partial charge in [-0.15, -0.1) is 0 Å². The molecule has 4 heteroatoms. The molecule has 1 N–H and O–H groups in total. The number of imidazole rings is 1. The molecule has 4 nitrogen and oxygen atoms in total. The number of hydrogen-bond donors (Lipinski definition) is 1. The van der Waals surface area contributed by atoms with Gasteiger partial charge in [-0.05, 0) is 0 Å². The van der Waals surface area contributed by atoms with Crippen LogP contribution in [0.1, 0.15) is 12.2 Å². The van der Waals surface area contributed by atoms with Crippen LogP contribution in [0.3, 0.4) is 0 Å². The zero-order valence-corrected chi connectivity index (χ0v) is 7.37. The molecule has 0 aliphatic carbocycles. The van der Waals surface area contributed by atoms with Crippen molar-refractivity contribution in [3.8, 4) is 0 Å². The Morgan fingerprint density at radius 1 is 1.75 bits per heavy atom. The second-order valence-electron chi connectivity index (χ2n) is 2.63. The van der Waals surface area contributed by atoms with E-state index < -0.39 is 0 Å². The van der Waals surface area contributed by atoms with Crippen LogP contribution < -0.4 is 5.32 Å². The summed E-state index contributed by atoms with van der Waals surface area (Å²) in [5.74, 6) is 0.997. The van der Waals surface area contributed by atoms with Crippen molar-refractivity contribution >= 4 is 5.91 Å². The van der Waals surface area contributed by atoms with Gasteiger partial charge in [0.25, 0.3) is 0 Å². The third kappa shape index (κ3) is 2.08. The van der Waals surface area contributed by atoms with Crippen molar-refractivity contribution in [3.05, 3.63) is 18.2 Å². The molecule has 1 heterocycles.